The van der Waals surface area contributed by atoms with E-state index in [-0.39, 0.29) is 23.6 Å². The van der Waals surface area contributed by atoms with E-state index < -0.39 is 0 Å². The Kier molecular flexibility index (Phi) is 8.51. The van der Waals surface area contributed by atoms with E-state index in [0.29, 0.717) is 17.4 Å². The molecule has 0 unspecified atom stereocenters. The van der Waals surface area contributed by atoms with Crippen molar-refractivity contribution >= 4 is 23.2 Å². The fraction of sp³-hybridized carbons (Fsp3) is 0.344. The lowest BCUT2D eigenvalue weighted by Gasteiger charge is -2.29. The number of aromatic nitrogens is 4. The van der Waals surface area contributed by atoms with E-state index in [1.54, 1.807) is 12.3 Å². The number of amidine groups is 1. The van der Waals surface area contributed by atoms with Crippen molar-refractivity contribution < 1.29 is 9.53 Å². The summed E-state index contributed by atoms with van der Waals surface area (Å²) in [4.78, 5) is 22.0. The first-order chi connectivity index (χ1) is 20.1. The molecule has 1 aromatic carbocycles. The van der Waals surface area contributed by atoms with Crippen molar-refractivity contribution in [1.29, 1.82) is 0 Å². The number of rotatable bonds is 6. The lowest BCUT2D eigenvalue weighted by atomic mass is 9.92. The zero-order valence-corrected chi connectivity index (χ0v) is 24.5. The highest BCUT2D eigenvalue weighted by Gasteiger charge is 2.24. The topological polar surface area (TPSA) is 132 Å². The number of hydrogen-bond donors (Lipinski definition) is 3. The Morgan fingerprint density at radius 3 is 2.50 bits per heavy atom. The molecule has 10 heteroatoms. The molecule has 1 aliphatic carbocycles. The Hall–Kier alpha value is -4.73. The molecule has 218 valence electrons. The lowest BCUT2D eigenvalue weighted by Crippen LogP contribution is -2.46. The zero-order chi connectivity index (χ0) is 29.7. The number of nitrogens with one attached hydrogen (secondary N) is 2. The van der Waals surface area contributed by atoms with Crippen LogP contribution in [0.25, 0.3) is 17.2 Å². The molecular weight excluding hydrogens is 528 g/mol. The molecular formula is C32H38N8O2. The van der Waals surface area contributed by atoms with E-state index in [2.05, 4.69) is 30.8 Å². The minimum Gasteiger partial charge on any atom is -0.489 e. The summed E-state index contributed by atoms with van der Waals surface area (Å²) in [5.74, 6) is 1.81. The van der Waals surface area contributed by atoms with E-state index in [1.165, 1.54) is 0 Å². The molecule has 4 aromatic rings. The number of aryl methyl sites for hydroxylation is 1. The molecule has 5 rings (SSSR count). The number of ether oxygens (including phenoxy) is 1. The molecule has 3 heterocycles. The maximum Gasteiger partial charge on any atom is 0.320 e. The van der Waals surface area contributed by atoms with Crippen LogP contribution in [-0.2, 0) is 0 Å². The van der Waals surface area contributed by atoms with Gasteiger partial charge in [0.2, 0.25) is 0 Å². The number of pyridine rings is 2. The van der Waals surface area contributed by atoms with Gasteiger partial charge in [-0.3, -0.25) is 14.7 Å². The van der Waals surface area contributed by atoms with Gasteiger partial charge in [0, 0.05) is 29.4 Å². The van der Waals surface area contributed by atoms with Crippen molar-refractivity contribution in [2.24, 2.45) is 16.1 Å². The number of benzene rings is 1. The molecule has 1 aliphatic rings. The Morgan fingerprint density at radius 2 is 1.81 bits per heavy atom. The fourth-order valence-corrected chi connectivity index (χ4v) is 4.68. The van der Waals surface area contributed by atoms with Crippen LogP contribution < -0.4 is 21.1 Å². The van der Waals surface area contributed by atoms with Crippen molar-refractivity contribution in [2.75, 3.05) is 0 Å². The normalized spacial score (nSPS) is 18.1. The van der Waals surface area contributed by atoms with Crippen LogP contribution in [0.2, 0.25) is 0 Å². The van der Waals surface area contributed by atoms with Crippen molar-refractivity contribution in [3.8, 4) is 17.3 Å². The molecule has 10 nitrogen and oxygen atoms in total. The highest BCUT2D eigenvalue weighted by Crippen LogP contribution is 2.26. The van der Waals surface area contributed by atoms with Gasteiger partial charge in [-0.1, -0.05) is 44.5 Å². The molecule has 0 radical (unpaired) electrons. The Labute approximate surface area is 246 Å². The van der Waals surface area contributed by atoms with Gasteiger partial charge in [0.15, 0.2) is 11.5 Å². The number of nitrogens with two attached hydrogens (primary N) is 1. The molecule has 0 spiro atoms. The third-order valence-corrected chi connectivity index (χ3v) is 7.26. The average molecular weight is 567 g/mol. The van der Waals surface area contributed by atoms with Crippen molar-refractivity contribution in [1.82, 2.24) is 30.2 Å². The lowest BCUT2D eigenvalue weighted by molar-refractivity contribution is 0.140. The van der Waals surface area contributed by atoms with Crippen molar-refractivity contribution in [3.05, 3.63) is 84.3 Å². The zero-order valence-electron chi connectivity index (χ0n) is 24.5. The molecule has 4 N–H and O–H groups in total. The molecule has 0 aliphatic heterocycles. The summed E-state index contributed by atoms with van der Waals surface area (Å²) >= 11 is 0. The summed E-state index contributed by atoms with van der Waals surface area (Å²) < 4.78 is 8.22. The van der Waals surface area contributed by atoms with E-state index in [1.807, 2.05) is 92.9 Å². The van der Waals surface area contributed by atoms with Gasteiger partial charge in [-0.25, -0.2) is 9.79 Å². The third kappa shape index (κ3) is 7.31. The smallest absolute Gasteiger partial charge is 0.320 e. The number of carbonyl (C=O) groups excluding carboxylic acids is 1. The van der Waals surface area contributed by atoms with Gasteiger partial charge in [-0.15, -0.1) is 10.2 Å². The summed E-state index contributed by atoms with van der Waals surface area (Å²) in [6.07, 6.45) is 8.66. The average Bonchev–Trinajstić information content (AvgIpc) is 3.38. The number of allylic oxidation sites excluding steroid dienone is 1. The summed E-state index contributed by atoms with van der Waals surface area (Å²) in [5, 5.41) is 14.6. The first-order valence-electron chi connectivity index (χ1n) is 14.3. The van der Waals surface area contributed by atoms with Crippen LogP contribution in [0.1, 0.15) is 52.0 Å². The van der Waals surface area contributed by atoms with Crippen molar-refractivity contribution in [3.63, 3.8) is 0 Å². The minimum atomic E-state index is -0.303. The monoisotopic (exact) mass is 566 g/mol. The predicted molar refractivity (Wildman–Crippen MR) is 165 cm³/mol. The Bertz CT molecular complexity index is 1580. The predicted octanol–water partition coefficient (Wildman–Crippen LogP) is 5.71. The molecule has 0 atom stereocenters. The third-order valence-electron chi connectivity index (χ3n) is 7.26. The quantitative estimate of drug-likeness (QED) is 0.202. The Balaban J connectivity index is 1.18. The molecule has 42 heavy (non-hydrogen) atoms. The van der Waals surface area contributed by atoms with Crippen molar-refractivity contribution in [2.45, 2.75) is 65.5 Å². The molecule has 0 bridgehead atoms. The summed E-state index contributed by atoms with van der Waals surface area (Å²) in [6, 6.07) is 17.0. The number of nitrogens with zero attached hydrogens (tertiary/aromatic N) is 5. The molecule has 3 aromatic heterocycles. The first kappa shape index (κ1) is 28.8. The van der Waals surface area contributed by atoms with Gasteiger partial charge in [0.05, 0.1) is 18.0 Å². The van der Waals surface area contributed by atoms with E-state index in [0.717, 1.165) is 54.0 Å². The van der Waals surface area contributed by atoms with E-state index >= 15 is 0 Å². The molecule has 0 saturated heterocycles. The number of aliphatic imine (C=N–C) groups is 1. The second-order valence-corrected chi connectivity index (χ2v) is 11.7. The van der Waals surface area contributed by atoms with Crippen LogP contribution in [0.5, 0.6) is 5.75 Å². The largest absolute Gasteiger partial charge is 0.489 e. The number of amides is 2. The van der Waals surface area contributed by atoms with Crippen LogP contribution in [0.15, 0.2) is 83.8 Å². The number of hydrogen-bond acceptors (Lipinski definition) is 7. The Morgan fingerprint density at radius 1 is 1.05 bits per heavy atom. The van der Waals surface area contributed by atoms with Gasteiger partial charge in [-0.05, 0) is 69.0 Å². The van der Waals surface area contributed by atoms with Gasteiger partial charge in [0.25, 0.3) is 0 Å². The second-order valence-electron chi connectivity index (χ2n) is 11.7. The first-order valence-corrected chi connectivity index (χ1v) is 14.3. The van der Waals surface area contributed by atoms with Crippen LogP contribution in [0.3, 0.4) is 0 Å². The fourth-order valence-electron chi connectivity index (χ4n) is 4.68. The van der Waals surface area contributed by atoms with Crippen LogP contribution in [-0.4, -0.2) is 43.6 Å². The van der Waals surface area contributed by atoms with Gasteiger partial charge >= 0.3 is 6.03 Å². The number of urea groups is 1. The standard InChI is InChI=1S/C32H38N8O2/c1-21-8-10-22(11-9-21)35-28(19-27(33)32(2,3)4)37-31(41)36-23-12-14-24(15-13-23)42-25-16-17-29-38-39-30(40(29)20-25)26-7-5-6-18-34-26/h5-11,16-20,23-24H,12-15,33H2,1-4H3,(H2,35,36,37,41). The second kappa shape index (κ2) is 12.4. The minimum absolute atomic E-state index is 0.0329. The molecule has 1 saturated carbocycles. The number of carbonyl (C=O) groups is 1. The van der Waals surface area contributed by atoms with Gasteiger partial charge in [-0.2, -0.15) is 0 Å². The van der Waals surface area contributed by atoms with Gasteiger partial charge in [0.1, 0.15) is 17.3 Å². The van der Waals surface area contributed by atoms with Crippen LogP contribution in [0, 0.1) is 12.3 Å². The van der Waals surface area contributed by atoms with E-state index in [4.69, 9.17) is 10.5 Å². The summed E-state index contributed by atoms with van der Waals surface area (Å²) in [5.41, 5.74) is 10.0. The van der Waals surface area contributed by atoms with E-state index in [9.17, 15) is 4.79 Å². The highest BCUT2D eigenvalue weighted by atomic mass is 16.5. The maximum atomic E-state index is 13.0. The SMILES string of the molecule is Cc1ccc(N=C(C=C(N)C(C)(C)C)NC(=O)NC2CCC(Oc3ccc4nnc(-c5ccccn5)n4c3)CC2)cc1. The molecule has 2 amide bonds. The van der Waals surface area contributed by atoms with Crippen LogP contribution in [0.4, 0.5) is 10.5 Å². The summed E-state index contributed by atoms with van der Waals surface area (Å²) in [6.45, 7) is 8.08. The van der Waals surface area contributed by atoms with Crippen LogP contribution >= 0.6 is 0 Å². The maximum absolute atomic E-state index is 13.0. The summed E-state index contributed by atoms with van der Waals surface area (Å²) in [7, 11) is 0. The number of fused-ring (bicyclic) bond motifs is 1. The molecule has 1 fully saturated rings. The van der Waals surface area contributed by atoms with Gasteiger partial charge < -0.3 is 15.8 Å². The highest BCUT2D eigenvalue weighted by molar-refractivity contribution is 6.05.